The fourth-order valence-electron chi connectivity index (χ4n) is 2.82. The largest absolute Gasteiger partial charge is 0.323 e. The molecule has 10 heteroatoms. The van der Waals surface area contributed by atoms with E-state index in [0.717, 1.165) is 17.8 Å². The summed E-state index contributed by atoms with van der Waals surface area (Å²) in [5, 5.41) is 3.23. The number of thiophene rings is 1. The van der Waals surface area contributed by atoms with Crippen molar-refractivity contribution in [3.63, 3.8) is 0 Å². The SMILES string of the molecule is O=C(Nc1cccc(Cl)c1Cl)C1CCCCN1S(=O)(=O)c1ccc(Cl)s1. The van der Waals surface area contributed by atoms with Crippen molar-refractivity contribution < 1.29 is 13.2 Å². The van der Waals surface area contributed by atoms with Crippen molar-refractivity contribution in [2.45, 2.75) is 29.5 Å². The molecule has 1 aromatic carbocycles. The molecule has 0 aliphatic carbocycles. The van der Waals surface area contributed by atoms with Crippen molar-refractivity contribution in [1.29, 1.82) is 0 Å². The molecular weight excluding hydrogens is 439 g/mol. The van der Waals surface area contributed by atoms with Crippen LogP contribution in [-0.4, -0.2) is 31.2 Å². The molecule has 0 spiro atoms. The second-order valence-electron chi connectivity index (χ2n) is 5.78. The van der Waals surface area contributed by atoms with E-state index in [1.807, 2.05) is 0 Å². The topological polar surface area (TPSA) is 66.5 Å². The number of benzene rings is 1. The normalized spacial score (nSPS) is 18.7. The molecule has 1 amide bonds. The van der Waals surface area contributed by atoms with Gasteiger partial charge in [0.05, 0.1) is 20.1 Å². The molecule has 1 aliphatic heterocycles. The van der Waals surface area contributed by atoms with E-state index < -0.39 is 22.0 Å². The van der Waals surface area contributed by atoms with Crippen LogP contribution in [0.5, 0.6) is 0 Å². The van der Waals surface area contributed by atoms with Gasteiger partial charge in [0.1, 0.15) is 10.3 Å². The summed E-state index contributed by atoms with van der Waals surface area (Å²) in [6.45, 7) is 0.277. The lowest BCUT2D eigenvalue weighted by atomic mass is 10.0. The van der Waals surface area contributed by atoms with Crippen LogP contribution in [0.15, 0.2) is 34.5 Å². The van der Waals surface area contributed by atoms with Crippen molar-refractivity contribution in [1.82, 2.24) is 4.31 Å². The Morgan fingerprint density at radius 3 is 2.62 bits per heavy atom. The van der Waals surface area contributed by atoms with Crippen LogP contribution in [0.3, 0.4) is 0 Å². The summed E-state index contributed by atoms with van der Waals surface area (Å²) in [6.07, 6.45) is 1.89. The standard InChI is InChI=1S/C16H15Cl3N2O3S2/c17-10-4-3-5-11(15(10)19)20-16(22)12-6-1-2-9-21(12)26(23,24)14-8-7-13(18)25-14/h3-5,7-8,12H,1-2,6,9H2,(H,20,22). The lowest BCUT2D eigenvalue weighted by molar-refractivity contribution is -0.120. The highest BCUT2D eigenvalue weighted by Gasteiger charge is 2.38. The summed E-state index contributed by atoms with van der Waals surface area (Å²) in [4.78, 5) is 12.8. The van der Waals surface area contributed by atoms with Crippen molar-refractivity contribution in [2.24, 2.45) is 0 Å². The lowest BCUT2D eigenvalue weighted by Gasteiger charge is -2.33. The second-order valence-corrected chi connectivity index (χ2v) is 10.4. The molecular formula is C16H15Cl3N2O3S2. The minimum atomic E-state index is -3.80. The first kappa shape index (κ1) is 19.9. The first-order chi connectivity index (χ1) is 12.3. The van der Waals surface area contributed by atoms with Gasteiger partial charge in [-0.05, 0) is 37.1 Å². The number of sulfonamides is 1. The van der Waals surface area contributed by atoms with Crippen LogP contribution in [0.1, 0.15) is 19.3 Å². The molecule has 1 fully saturated rings. The summed E-state index contributed by atoms with van der Waals surface area (Å²) in [5.41, 5.74) is 0.353. The molecule has 140 valence electrons. The molecule has 1 saturated heterocycles. The number of amides is 1. The molecule has 2 heterocycles. The zero-order chi connectivity index (χ0) is 18.9. The quantitative estimate of drug-likeness (QED) is 0.716. The van der Waals surface area contributed by atoms with Gasteiger partial charge in [0.15, 0.2) is 0 Å². The summed E-state index contributed by atoms with van der Waals surface area (Å²) in [7, 11) is -3.80. The first-order valence-electron chi connectivity index (χ1n) is 7.83. The molecule has 1 aliphatic rings. The van der Waals surface area contributed by atoms with Crippen LogP contribution in [0.25, 0.3) is 0 Å². The molecule has 1 atom stereocenters. The van der Waals surface area contributed by atoms with Gasteiger partial charge in [-0.3, -0.25) is 4.79 Å². The molecule has 1 unspecified atom stereocenters. The highest BCUT2D eigenvalue weighted by Crippen LogP contribution is 2.33. The van der Waals surface area contributed by atoms with Crippen LogP contribution >= 0.6 is 46.1 Å². The Balaban J connectivity index is 1.87. The summed E-state index contributed by atoms with van der Waals surface area (Å²) in [6, 6.07) is 7.06. The Labute approximate surface area is 170 Å². The number of nitrogens with zero attached hydrogens (tertiary/aromatic N) is 1. The van der Waals surface area contributed by atoms with Crippen molar-refractivity contribution >= 4 is 67.8 Å². The van der Waals surface area contributed by atoms with Crippen molar-refractivity contribution in [3.8, 4) is 0 Å². The molecule has 0 radical (unpaired) electrons. The number of carbonyl (C=O) groups excluding carboxylic acids is 1. The van der Waals surface area contributed by atoms with E-state index in [1.54, 1.807) is 18.2 Å². The molecule has 1 N–H and O–H groups in total. The molecule has 3 rings (SSSR count). The highest BCUT2D eigenvalue weighted by atomic mass is 35.5. The molecule has 26 heavy (non-hydrogen) atoms. The van der Waals surface area contributed by atoms with Crippen LogP contribution < -0.4 is 5.32 Å². The maximum Gasteiger partial charge on any atom is 0.253 e. The fourth-order valence-corrected chi connectivity index (χ4v) is 6.44. The lowest BCUT2D eigenvalue weighted by Crippen LogP contribution is -2.49. The van der Waals surface area contributed by atoms with Gasteiger partial charge in [0, 0.05) is 6.54 Å². The Morgan fingerprint density at radius 1 is 1.15 bits per heavy atom. The number of halogens is 3. The van der Waals surface area contributed by atoms with Crippen molar-refractivity contribution in [3.05, 3.63) is 44.7 Å². The molecule has 5 nitrogen and oxygen atoms in total. The average molecular weight is 454 g/mol. The summed E-state index contributed by atoms with van der Waals surface area (Å²) >= 11 is 18.9. The van der Waals surface area contributed by atoms with E-state index in [9.17, 15) is 13.2 Å². The fraction of sp³-hybridized carbons (Fsp3) is 0.312. The zero-order valence-corrected chi connectivity index (χ0v) is 17.3. The van der Waals surface area contributed by atoms with E-state index in [0.29, 0.717) is 27.9 Å². The zero-order valence-electron chi connectivity index (χ0n) is 13.4. The number of nitrogens with one attached hydrogen (secondary N) is 1. The Morgan fingerprint density at radius 2 is 1.92 bits per heavy atom. The minimum absolute atomic E-state index is 0.128. The number of hydrogen-bond donors (Lipinski definition) is 1. The Bertz CT molecular complexity index is 931. The maximum atomic E-state index is 12.9. The second kappa shape index (κ2) is 8.04. The average Bonchev–Trinajstić information content (AvgIpc) is 3.06. The minimum Gasteiger partial charge on any atom is -0.323 e. The number of hydrogen-bond acceptors (Lipinski definition) is 4. The Kier molecular flexibility index (Phi) is 6.16. The van der Waals surface area contributed by atoms with Gasteiger partial charge in [-0.25, -0.2) is 8.42 Å². The molecule has 1 aromatic heterocycles. The van der Waals surface area contributed by atoms with Crippen LogP contribution in [-0.2, 0) is 14.8 Å². The highest BCUT2D eigenvalue weighted by molar-refractivity contribution is 7.91. The van der Waals surface area contributed by atoms with Gasteiger partial charge >= 0.3 is 0 Å². The van der Waals surface area contributed by atoms with E-state index in [4.69, 9.17) is 34.8 Å². The summed E-state index contributed by atoms with van der Waals surface area (Å²) in [5.74, 6) is -0.430. The van der Waals surface area contributed by atoms with Crippen molar-refractivity contribution in [2.75, 3.05) is 11.9 Å². The number of rotatable bonds is 4. The third-order valence-electron chi connectivity index (χ3n) is 4.08. The number of carbonyl (C=O) groups is 1. The van der Waals surface area contributed by atoms with Gasteiger partial charge in [0.2, 0.25) is 5.91 Å². The molecule has 0 bridgehead atoms. The van der Waals surface area contributed by atoms with Gasteiger partial charge in [-0.15, -0.1) is 11.3 Å². The van der Waals surface area contributed by atoms with E-state index in [2.05, 4.69) is 5.32 Å². The van der Waals surface area contributed by atoms with Gasteiger partial charge in [-0.1, -0.05) is 47.3 Å². The van der Waals surface area contributed by atoms with E-state index in [1.165, 1.54) is 16.4 Å². The smallest absolute Gasteiger partial charge is 0.253 e. The first-order valence-corrected chi connectivity index (χ1v) is 11.2. The molecule has 2 aromatic rings. The third-order valence-corrected chi connectivity index (χ3v) is 8.50. The van der Waals surface area contributed by atoms with Gasteiger partial charge in [-0.2, -0.15) is 4.31 Å². The van der Waals surface area contributed by atoms with Gasteiger partial charge in [0.25, 0.3) is 10.0 Å². The van der Waals surface area contributed by atoms with Gasteiger partial charge < -0.3 is 5.32 Å². The Hall–Kier alpha value is -0.830. The predicted molar refractivity (Wildman–Crippen MR) is 106 cm³/mol. The third kappa shape index (κ3) is 4.03. The van der Waals surface area contributed by atoms with E-state index >= 15 is 0 Å². The predicted octanol–water partition coefficient (Wildman–Crippen LogP) is 4.89. The van der Waals surface area contributed by atoms with E-state index in [-0.39, 0.29) is 15.8 Å². The van der Waals surface area contributed by atoms with Crippen LogP contribution in [0.2, 0.25) is 14.4 Å². The number of anilines is 1. The molecule has 0 saturated carbocycles. The van der Waals surface area contributed by atoms with Crippen LogP contribution in [0.4, 0.5) is 5.69 Å². The number of piperidine rings is 1. The monoisotopic (exact) mass is 452 g/mol. The maximum absolute atomic E-state index is 12.9. The summed E-state index contributed by atoms with van der Waals surface area (Å²) < 4.78 is 27.6. The van der Waals surface area contributed by atoms with Crippen LogP contribution in [0, 0.1) is 0 Å².